The number of carbonyl (C=O) groups is 1. The summed E-state index contributed by atoms with van der Waals surface area (Å²) in [7, 11) is 1.37. The van der Waals surface area contributed by atoms with Crippen molar-refractivity contribution in [3.63, 3.8) is 0 Å². The first-order valence-electron chi connectivity index (χ1n) is 11.9. The van der Waals surface area contributed by atoms with Crippen LogP contribution in [0.1, 0.15) is 58.2 Å². The normalized spacial score (nSPS) is 17.5. The van der Waals surface area contributed by atoms with Crippen LogP contribution in [0.4, 0.5) is 4.39 Å². The Labute approximate surface area is 209 Å². The van der Waals surface area contributed by atoms with E-state index in [1.54, 1.807) is 12.1 Å². The van der Waals surface area contributed by atoms with E-state index in [9.17, 15) is 14.4 Å². The number of methoxy groups -OCH3 is 1. The fourth-order valence-electron chi connectivity index (χ4n) is 5.09. The maximum absolute atomic E-state index is 15.0. The fourth-order valence-corrected chi connectivity index (χ4v) is 5.09. The summed E-state index contributed by atoms with van der Waals surface area (Å²) in [6.45, 7) is 4.15. The van der Waals surface area contributed by atoms with Crippen molar-refractivity contribution in [3.05, 3.63) is 81.7 Å². The van der Waals surface area contributed by atoms with Gasteiger partial charge in [-0.1, -0.05) is 6.07 Å². The van der Waals surface area contributed by atoms with Crippen LogP contribution in [0.5, 0.6) is 23.0 Å². The third-order valence-corrected chi connectivity index (χ3v) is 6.87. The number of esters is 1. The molecule has 0 saturated heterocycles. The number of benzene rings is 3. The van der Waals surface area contributed by atoms with E-state index in [-0.39, 0.29) is 24.1 Å². The minimum Gasteiger partial charge on any atom is -0.492 e. The molecule has 3 aromatic rings. The van der Waals surface area contributed by atoms with Crippen molar-refractivity contribution in [2.24, 2.45) is 0 Å². The molecule has 0 amide bonds. The molecule has 7 heteroatoms. The van der Waals surface area contributed by atoms with E-state index in [2.05, 4.69) is 6.07 Å². The van der Waals surface area contributed by atoms with Gasteiger partial charge in [0.25, 0.3) is 0 Å². The first-order valence-corrected chi connectivity index (χ1v) is 11.9. The Morgan fingerprint density at radius 3 is 2.64 bits per heavy atom. The summed E-state index contributed by atoms with van der Waals surface area (Å²) in [6.07, 6.45) is 1.02. The number of rotatable bonds is 6. The Morgan fingerprint density at radius 1 is 1.14 bits per heavy atom. The van der Waals surface area contributed by atoms with Crippen molar-refractivity contribution in [1.82, 2.24) is 0 Å². The van der Waals surface area contributed by atoms with Crippen LogP contribution in [0.2, 0.25) is 0 Å². The lowest BCUT2D eigenvalue weighted by Gasteiger charge is -2.17. The first-order chi connectivity index (χ1) is 17.4. The summed E-state index contributed by atoms with van der Waals surface area (Å²) in [5.41, 5.74) is 4.53. The lowest BCUT2D eigenvalue weighted by atomic mass is 9.98. The zero-order valence-corrected chi connectivity index (χ0v) is 20.4. The molecule has 3 aromatic carbocycles. The number of nitrogens with zero attached hydrogens (tertiary/aromatic N) is 1. The zero-order valence-electron chi connectivity index (χ0n) is 20.4. The van der Waals surface area contributed by atoms with Gasteiger partial charge in [0.2, 0.25) is 0 Å². The van der Waals surface area contributed by atoms with Gasteiger partial charge in [-0.2, -0.15) is 5.26 Å². The van der Waals surface area contributed by atoms with E-state index < -0.39 is 6.10 Å². The maximum atomic E-state index is 15.0. The molecule has 0 fully saturated rings. The Kier molecular flexibility index (Phi) is 6.27. The minimum absolute atomic E-state index is 0.0552. The van der Waals surface area contributed by atoms with E-state index in [4.69, 9.17) is 18.9 Å². The highest BCUT2D eigenvalue weighted by molar-refractivity contribution is 5.71. The largest absolute Gasteiger partial charge is 0.492 e. The molecule has 184 valence electrons. The van der Waals surface area contributed by atoms with Gasteiger partial charge in [0, 0.05) is 28.7 Å². The van der Waals surface area contributed by atoms with Gasteiger partial charge in [-0.25, -0.2) is 4.39 Å². The molecule has 0 radical (unpaired) electrons. The van der Waals surface area contributed by atoms with Gasteiger partial charge in [0.05, 0.1) is 31.8 Å². The van der Waals surface area contributed by atoms with Crippen LogP contribution in [0.15, 0.2) is 42.5 Å². The van der Waals surface area contributed by atoms with Crippen LogP contribution in [0.25, 0.3) is 0 Å². The van der Waals surface area contributed by atoms with Crippen LogP contribution in [0, 0.1) is 31.0 Å². The van der Waals surface area contributed by atoms with Gasteiger partial charge in [-0.05, 0) is 68.1 Å². The Balaban J connectivity index is 1.37. The van der Waals surface area contributed by atoms with Gasteiger partial charge >= 0.3 is 5.97 Å². The van der Waals surface area contributed by atoms with Gasteiger partial charge < -0.3 is 18.9 Å². The quantitative estimate of drug-likeness (QED) is 0.385. The van der Waals surface area contributed by atoms with Crippen LogP contribution in [-0.2, 0) is 16.0 Å². The van der Waals surface area contributed by atoms with E-state index in [0.717, 1.165) is 22.3 Å². The molecular formula is C29H26FNO5. The molecule has 1 heterocycles. The van der Waals surface area contributed by atoms with E-state index in [0.29, 0.717) is 53.6 Å². The summed E-state index contributed by atoms with van der Waals surface area (Å²) in [5, 5.41) is 9.32. The molecule has 5 rings (SSSR count). The standard InChI is InChI=1S/C29H26FNO5/c1-16-10-20(11-17(2)23(16)14-31)36-25-9-7-24(30)29-22(25)6-8-26(29)35-19-4-5-21-18(12-28(32)33-3)15-34-27(21)13-19/h4-5,7,9-11,13,18,26H,6,8,12,15H2,1-3H3/t18?,26-/m1/s1. The SMILES string of the molecule is COC(=O)CC1COc2cc(O[C@@H]3CCc4c(Oc5cc(C)c(C#N)c(C)c5)ccc(F)c43)ccc21. The lowest BCUT2D eigenvalue weighted by molar-refractivity contribution is -0.141. The predicted octanol–water partition coefficient (Wildman–Crippen LogP) is 6.21. The third-order valence-electron chi connectivity index (χ3n) is 6.87. The summed E-state index contributed by atoms with van der Waals surface area (Å²) in [4.78, 5) is 11.7. The summed E-state index contributed by atoms with van der Waals surface area (Å²) in [5.74, 6) is 1.78. The maximum Gasteiger partial charge on any atom is 0.306 e. The van der Waals surface area contributed by atoms with Crippen molar-refractivity contribution in [2.45, 2.75) is 45.1 Å². The molecule has 1 unspecified atom stereocenters. The second kappa shape index (κ2) is 9.54. The van der Waals surface area contributed by atoms with Crippen molar-refractivity contribution in [2.75, 3.05) is 13.7 Å². The Hall–Kier alpha value is -4.05. The molecule has 1 aliphatic heterocycles. The third kappa shape index (κ3) is 4.35. The summed E-state index contributed by atoms with van der Waals surface area (Å²) >= 11 is 0. The average molecular weight is 488 g/mol. The number of fused-ring (bicyclic) bond motifs is 2. The number of hydrogen-bond acceptors (Lipinski definition) is 6. The van der Waals surface area contributed by atoms with Crippen LogP contribution < -0.4 is 14.2 Å². The molecular weight excluding hydrogens is 461 g/mol. The van der Waals surface area contributed by atoms with E-state index >= 15 is 0 Å². The second-order valence-electron chi connectivity index (χ2n) is 9.22. The highest BCUT2D eigenvalue weighted by atomic mass is 19.1. The molecule has 0 bridgehead atoms. The van der Waals surface area contributed by atoms with Crippen LogP contribution in [-0.4, -0.2) is 19.7 Å². The lowest BCUT2D eigenvalue weighted by Crippen LogP contribution is -2.09. The number of hydrogen-bond donors (Lipinski definition) is 0. The molecule has 0 saturated carbocycles. The highest BCUT2D eigenvalue weighted by Gasteiger charge is 2.32. The minimum atomic E-state index is -0.460. The fraction of sp³-hybridized carbons (Fsp3) is 0.310. The second-order valence-corrected chi connectivity index (χ2v) is 9.22. The number of halogens is 1. The van der Waals surface area contributed by atoms with Crippen molar-refractivity contribution < 1.29 is 28.1 Å². The highest BCUT2D eigenvalue weighted by Crippen LogP contribution is 2.44. The molecule has 0 aromatic heterocycles. The molecule has 1 aliphatic carbocycles. The monoisotopic (exact) mass is 487 g/mol. The average Bonchev–Trinajstić information content (AvgIpc) is 3.45. The molecule has 0 N–H and O–H groups in total. The van der Waals surface area contributed by atoms with Crippen LogP contribution in [0.3, 0.4) is 0 Å². The van der Waals surface area contributed by atoms with Gasteiger partial charge in [-0.15, -0.1) is 0 Å². The zero-order chi connectivity index (χ0) is 25.4. The van der Waals surface area contributed by atoms with Crippen LogP contribution >= 0.6 is 0 Å². The van der Waals surface area contributed by atoms with Crippen molar-refractivity contribution >= 4 is 5.97 Å². The summed E-state index contributed by atoms with van der Waals surface area (Å²) < 4.78 is 37.9. The molecule has 6 nitrogen and oxygen atoms in total. The number of carbonyl (C=O) groups excluding carboxylic acids is 1. The van der Waals surface area contributed by atoms with Gasteiger partial charge in [0.15, 0.2) is 0 Å². The topological polar surface area (TPSA) is 77.8 Å². The molecule has 2 atom stereocenters. The molecule has 36 heavy (non-hydrogen) atoms. The van der Waals surface area contributed by atoms with Gasteiger partial charge in [-0.3, -0.25) is 4.79 Å². The molecule has 2 aliphatic rings. The smallest absolute Gasteiger partial charge is 0.306 e. The number of aryl methyl sites for hydroxylation is 2. The van der Waals surface area contributed by atoms with E-state index in [1.165, 1.54) is 13.2 Å². The first kappa shape index (κ1) is 23.7. The Bertz CT molecular complexity index is 1370. The van der Waals surface area contributed by atoms with Gasteiger partial charge in [0.1, 0.15) is 34.9 Å². The molecule has 0 spiro atoms. The number of ether oxygens (including phenoxy) is 4. The Morgan fingerprint density at radius 2 is 1.92 bits per heavy atom. The van der Waals surface area contributed by atoms with E-state index in [1.807, 2.05) is 38.1 Å². The predicted molar refractivity (Wildman–Crippen MR) is 130 cm³/mol. The van der Waals surface area contributed by atoms with Crippen molar-refractivity contribution in [1.29, 1.82) is 5.26 Å². The summed E-state index contributed by atoms with van der Waals surface area (Å²) in [6, 6.07) is 14.4. The van der Waals surface area contributed by atoms with Crippen molar-refractivity contribution in [3.8, 4) is 29.1 Å². The number of nitriles is 1.